The van der Waals surface area contributed by atoms with Gasteiger partial charge in [-0.05, 0) is 51.0 Å². The molecule has 86 valence electrons. The van der Waals surface area contributed by atoms with Gasteiger partial charge in [0, 0.05) is 24.7 Å². The van der Waals surface area contributed by atoms with Gasteiger partial charge in [-0.2, -0.15) is 0 Å². The predicted molar refractivity (Wildman–Crippen MR) is 62.9 cm³/mol. The smallest absolute Gasteiger partial charge is 0.0114 e. The summed E-state index contributed by atoms with van der Waals surface area (Å²) >= 11 is 0. The van der Waals surface area contributed by atoms with Crippen molar-refractivity contribution in [2.75, 3.05) is 13.1 Å². The van der Waals surface area contributed by atoms with Gasteiger partial charge in [0.15, 0.2) is 0 Å². The molecule has 1 saturated carbocycles. The normalized spacial score (nSPS) is 41.0. The molecule has 1 aliphatic carbocycles. The molecule has 0 radical (unpaired) electrons. The zero-order valence-electron chi connectivity index (χ0n) is 9.91. The van der Waals surface area contributed by atoms with Crippen molar-refractivity contribution in [2.24, 2.45) is 5.92 Å². The lowest BCUT2D eigenvalue weighted by molar-refractivity contribution is 0.112. The maximum absolute atomic E-state index is 3.65. The number of fused-ring (bicyclic) bond motifs is 2. The summed E-state index contributed by atoms with van der Waals surface area (Å²) in [7, 11) is 0. The molecule has 15 heavy (non-hydrogen) atoms. The minimum Gasteiger partial charge on any atom is -0.314 e. The highest BCUT2D eigenvalue weighted by Gasteiger charge is 2.42. The van der Waals surface area contributed by atoms with Crippen molar-refractivity contribution in [3.8, 4) is 0 Å². The number of hydrogen-bond acceptors (Lipinski definition) is 2. The highest BCUT2D eigenvalue weighted by Crippen LogP contribution is 2.39. The summed E-state index contributed by atoms with van der Waals surface area (Å²) < 4.78 is 0. The van der Waals surface area contributed by atoms with Crippen LogP contribution in [0.15, 0.2) is 0 Å². The van der Waals surface area contributed by atoms with Gasteiger partial charge in [-0.25, -0.2) is 0 Å². The van der Waals surface area contributed by atoms with E-state index in [-0.39, 0.29) is 0 Å². The zero-order valence-corrected chi connectivity index (χ0v) is 9.91. The minimum atomic E-state index is 0.822. The molecule has 1 N–H and O–H groups in total. The first kappa shape index (κ1) is 10.1. The zero-order chi connectivity index (χ0) is 10.3. The molecule has 0 aromatic rings. The first-order chi connectivity index (χ1) is 7.36. The number of nitrogens with one attached hydrogen (secondary N) is 1. The van der Waals surface area contributed by atoms with Crippen LogP contribution in [0.25, 0.3) is 0 Å². The number of rotatable bonds is 4. The summed E-state index contributed by atoms with van der Waals surface area (Å²) in [5.41, 5.74) is 0. The quantitative estimate of drug-likeness (QED) is 0.760. The summed E-state index contributed by atoms with van der Waals surface area (Å²) in [6, 6.07) is 2.67. The number of piperidine rings is 1. The van der Waals surface area contributed by atoms with Crippen molar-refractivity contribution in [3.05, 3.63) is 0 Å². The lowest BCUT2D eigenvalue weighted by atomic mass is 9.97. The van der Waals surface area contributed by atoms with E-state index in [2.05, 4.69) is 17.1 Å². The van der Waals surface area contributed by atoms with Gasteiger partial charge in [-0.15, -0.1) is 0 Å². The van der Waals surface area contributed by atoms with Gasteiger partial charge in [-0.1, -0.05) is 6.92 Å². The molecule has 0 aromatic carbocycles. The first-order valence-corrected chi connectivity index (χ1v) is 6.86. The van der Waals surface area contributed by atoms with Gasteiger partial charge in [0.1, 0.15) is 0 Å². The second kappa shape index (κ2) is 4.06. The van der Waals surface area contributed by atoms with Crippen LogP contribution in [0, 0.1) is 5.92 Å². The Labute approximate surface area is 93.4 Å². The van der Waals surface area contributed by atoms with Gasteiger partial charge < -0.3 is 5.32 Å². The summed E-state index contributed by atoms with van der Waals surface area (Å²) in [6.45, 7) is 4.80. The van der Waals surface area contributed by atoms with E-state index in [1.807, 2.05) is 0 Å². The number of hydrogen-bond donors (Lipinski definition) is 1. The standard InChI is InChI=1S/C13H24N2/c1-2-14-11-7-12-5-6-13(8-11)15(12)9-10-3-4-10/h10-14H,2-9H2,1H3. The Morgan fingerprint density at radius 1 is 1.07 bits per heavy atom. The molecule has 2 aliphatic heterocycles. The Morgan fingerprint density at radius 2 is 1.73 bits per heavy atom. The molecular formula is C13H24N2. The molecule has 2 atom stereocenters. The van der Waals surface area contributed by atoms with E-state index in [0.717, 1.165) is 30.6 Å². The van der Waals surface area contributed by atoms with E-state index in [1.54, 1.807) is 0 Å². The largest absolute Gasteiger partial charge is 0.314 e. The van der Waals surface area contributed by atoms with E-state index in [0.29, 0.717) is 0 Å². The van der Waals surface area contributed by atoms with Crippen molar-refractivity contribution in [3.63, 3.8) is 0 Å². The molecule has 2 heterocycles. The van der Waals surface area contributed by atoms with E-state index < -0.39 is 0 Å². The van der Waals surface area contributed by atoms with Crippen molar-refractivity contribution < 1.29 is 0 Å². The van der Waals surface area contributed by atoms with Gasteiger partial charge >= 0.3 is 0 Å². The van der Waals surface area contributed by atoms with Gasteiger partial charge in [-0.3, -0.25) is 4.90 Å². The van der Waals surface area contributed by atoms with Crippen LogP contribution in [0.5, 0.6) is 0 Å². The Morgan fingerprint density at radius 3 is 2.27 bits per heavy atom. The summed E-state index contributed by atoms with van der Waals surface area (Å²) in [5, 5.41) is 3.65. The van der Waals surface area contributed by atoms with Gasteiger partial charge in [0.2, 0.25) is 0 Å². The van der Waals surface area contributed by atoms with Crippen LogP contribution < -0.4 is 5.32 Å². The predicted octanol–water partition coefficient (Wildman–Crippen LogP) is 2.00. The average molecular weight is 208 g/mol. The van der Waals surface area contributed by atoms with Crippen LogP contribution in [0.4, 0.5) is 0 Å². The van der Waals surface area contributed by atoms with E-state index in [4.69, 9.17) is 0 Å². The summed E-state index contributed by atoms with van der Waals surface area (Å²) in [6.07, 6.45) is 8.78. The second-order valence-corrected chi connectivity index (χ2v) is 5.75. The van der Waals surface area contributed by atoms with Crippen molar-refractivity contribution in [2.45, 2.75) is 63.6 Å². The maximum Gasteiger partial charge on any atom is 0.0114 e. The molecule has 2 saturated heterocycles. The fraction of sp³-hybridized carbons (Fsp3) is 1.00. The van der Waals surface area contributed by atoms with Gasteiger partial charge in [0.05, 0.1) is 0 Å². The van der Waals surface area contributed by atoms with Gasteiger partial charge in [0.25, 0.3) is 0 Å². The van der Waals surface area contributed by atoms with Crippen LogP contribution in [0.1, 0.15) is 45.4 Å². The third-order valence-electron chi connectivity index (χ3n) is 4.54. The average Bonchev–Trinajstić information content (AvgIpc) is 2.97. The summed E-state index contributed by atoms with van der Waals surface area (Å²) in [4.78, 5) is 2.85. The third kappa shape index (κ3) is 2.07. The van der Waals surface area contributed by atoms with E-state index >= 15 is 0 Å². The maximum atomic E-state index is 3.65. The molecule has 2 bridgehead atoms. The fourth-order valence-corrected chi connectivity index (χ4v) is 3.63. The molecule has 2 heteroatoms. The Hall–Kier alpha value is -0.0800. The third-order valence-corrected chi connectivity index (χ3v) is 4.54. The molecule has 0 aromatic heterocycles. The van der Waals surface area contributed by atoms with Crippen LogP contribution >= 0.6 is 0 Å². The van der Waals surface area contributed by atoms with Crippen LogP contribution in [-0.2, 0) is 0 Å². The topological polar surface area (TPSA) is 15.3 Å². The lowest BCUT2D eigenvalue weighted by Crippen LogP contribution is -2.49. The van der Waals surface area contributed by atoms with Crippen molar-refractivity contribution in [1.29, 1.82) is 0 Å². The highest BCUT2D eigenvalue weighted by atomic mass is 15.2. The van der Waals surface area contributed by atoms with Crippen LogP contribution in [0.2, 0.25) is 0 Å². The van der Waals surface area contributed by atoms with Crippen molar-refractivity contribution >= 4 is 0 Å². The molecular weight excluding hydrogens is 184 g/mol. The summed E-state index contributed by atoms with van der Waals surface area (Å²) in [5.74, 6) is 1.07. The lowest BCUT2D eigenvalue weighted by Gasteiger charge is -2.39. The molecule has 2 unspecified atom stereocenters. The van der Waals surface area contributed by atoms with E-state index in [9.17, 15) is 0 Å². The molecule has 3 rings (SSSR count). The Balaban J connectivity index is 1.59. The monoisotopic (exact) mass is 208 g/mol. The molecule has 0 amide bonds. The highest BCUT2D eigenvalue weighted by molar-refractivity contribution is 4.98. The molecule has 3 fully saturated rings. The SMILES string of the molecule is CCNC1CC2CCC(C1)N2CC1CC1. The Bertz CT molecular complexity index is 211. The van der Waals surface area contributed by atoms with Crippen LogP contribution in [-0.4, -0.2) is 36.1 Å². The Kier molecular flexibility index (Phi) is 2.73. The molecule has 0 spiro atoms. The molecule has 3 aliphatic rings. The minimum absolute atomic E-state index is 0.822. The van der Waals surface area contributed by atoms with Crippen LogP contribution in [0.3, 0.4) is 0 Å². The van der Waals surface area contributed by atoms with Crippen molar-refractivity contribution in [1.82, 2.24) is 10.2 Å². The van der Waals surface area contributed by atoms with E-state index in [1.165, 1.54) is 45.1 Å². The second-order valence-electron chi connectivity index (χ2n) is 5.75. The number of nitrogens with zero attached hydrogens (tertiary/aromatic N) is 1. The first-order valence-electron chi connectivity index (χ1n) is 6.86. The fourth-order valence-electron chi connectivity index (χ4n) is 3.63. The molecule has 2 nitrogen and oxygen atoms in total.